The second-order valence-electron chi connectivity index (χ2n) is 10.9. The van der Waals surface area contributed by atoms with E-state index in [0.717, 1.165) is 21.9 Å². The molecule has 0 radical (unpaired) electrons. The van der Waals surface area contributed by atoms with Crippen LogP contribution in [0.5, 0.6) is 0 Å². The summed E-state index contributed by atoms with van der Waals surface area (Å²) in [5.74, 6) is -0.543. The van der Waals surface area contributed by atoms with Crippen molar-refractivity contribution in [2.45, 2.75) is 43.8 Å². The van der Waals surface area contributed by atoms with Gasteiger partial charge in [0, 0.05) is 64.9 Å². The van der Waals surface area contributed by atoms with Crippen LogP contribution < -0.4 is 10.6 Å². The van der Waals surface area contributed by atoms with E-state index in [1.54, 1.807) is 21.2 Å². The molecule has 0 saturated carbocycles. The average molecular weight is 622 g/mol. The maximum absolute atomic E-state index is 15.2. The molecular weight excluding hydrogens is 588 g/mol. The Morgan fingerprint density at radius 1 is 1.20 bits per heavy atom. The van der Waals surface area contributed by atoms with Crippen LogP contribution >= 0.6 is 36.9 Å². The zero-order chi connectivity index (χ0) is 29.0. The molecule has 1 aromatic heterocycles. The molecule has 0 unspecified atom stereocenters. The Balaban J connectivity index is 0.00000387. The van der Waals surface area contributed by atoms with Gasteiger partial charge in [0.25, 0.3) is 0 Å². The number of amides is 1. The predicted molar refractivity (Wildman–Crippen MR) is 168 cm³/mol. The minimum absolute atomic E-state index is 0. The third-order valence-corrected chi connectivity index (χ3v) is 9.16. The molecule has 2 aromatic carbocycles. The fourth-order valence-electron chi connectivity index (χ4n) is 6.10. The van der Waals surface area contributed by atoms with Crippen LogP contribution in [-0.2, 0) is 4.79 Å². The van der Waals surface area contributed by atoms with Crippen molar-refractivity contribution in [2.24, 2.45) is 0 Å². The number of benzene rings is 2. The summed E-state index contributed by atoms with van der Waals surface area (Å²) in [7, 11) is 3.90. The van der Waals surface area contributed by atoms with Gasteiger partial charge in [-0.2, -0.15) is 18.5 Å². The second kappa shape index (κ2) is 11.9. The van der Waals surface area contributed by atoms with Gasteiger partial charge in [-0.25, -0.2) is 13.6 Å². The highest BCUT2D eigenvalue weighted by Gasteiger charge is 2.35. The van der Waals surface area contributed by atoms with Crippen LogP contribution in [0.3, 0.4) is 0 Å². The first kappa shape index (κ1) is 31.3. The SMILES string of the molecule is C=CC(=O)N1[C@H](C)CN(c2nc(=O)n3c4c(c(-c5cc(Cl)c(F)cc5F)c(C)cc24)SC[C@@H]3CN(C)C)C[C@@H]1C.S. The molecule has 3 aromatic rings. The highest BCUT2D eigenvalue weighted by Crippen LogP contribution is 2.47. The summed E-state index contributed by atoms with van der Waals surface area (Å²) >= 11 is 7.65. The smallest absolute Gasteiger partial charge is 0.350 e. The van der Waals surface area contributed by atoms with Crippen molar-refractivity contribution in [1.82, 2.24) is 19.4 Å². The lowest BCUT2D eigenvalue weighted by Gasteiger charge is -2.45. The molecule has 12 heteroatoms. The molecule has 3 heterocycles. The Morgan fingerprint density at radius 2 is 1.85 bits per heavy atom. The van der Waals surface area contributed by atoms with Gasteiger partial charge in [0.2, 0.25) is 5.91 Å². The van der Waals surface area contributed by atoms with E-state index in [2.05, 4.69) is 16.5 Å². The lowest BCUT2D eigenvalue weighted by molar-refractivity contribution is -0.130. The van der Waals surface area contributed by atoms with Crippen molar-refractivity contribution in [3.05, 3.63) is 63.6 Å². The first-order chi connectivity index (χ1) is 18.9. The lowest BCUT2D eigenvalue weighted by Crippen LogP contribution is -2.58. The molecule has 5 rings (SSSR count). The van der Waals surface area contributed by atoms with E-state index < -0.39 is 11.6 Å². The zero-order valence-electron chi connectivity index (χ0n) is 23.7. The van der Waals surface area contributed by atoms with E-state index >= 15 is 4.39 Å². The molecule has 2 aliphatic rings. The van der Waals surface area contributed by atoms with E-state index in [9.17, 15) is 14.0 Å². The van der Waals surface area contributed by atoms with Crippen LogP contribution in [0, 0.1) is 18.6 Å². The maximum atomic E-state index is 15.2. The molecule has 0 N–H and O–H groups in total. The summed E-state index contributed by atoms with van der Waals surface area (Å²) in [6, 6.07) is 3.63. The zero-order valence-corrected chi connectivity index (χ0v) is 26.2. The molecule has 41 heavy (non-hydrogen) atoms. The number of hydrogen-bond acceptors (Lipinski definition) is 6. The van der Waals surface area contributed by atoms with Crippen LogP contribution in [0.15, 0.2) is 40.5 Å². The lowest BCUT2D eigenvalue weighted by atomic mass is 9.96. The molecule has 0 bridgehead atoms. The fourth-order valence-corrected chi connectivity index (χ4v) is 7.64. The Hall–Kier alpha value is -2.60. The Bertz CT molecular complexity index is 1590. The van der Waals surface area contributed by atoms with Crippen LogP contribution in [0.25, 0.3) is 22.0 Å². The average Bonchev–Trinajstić information content (AvgIpc) is 2.88. The van der Waals surface area contributed by atoms with Gasteiger partial charge in [0.1, 0.15) is 17.5 Å². The van der Waals surface area contributed by atoms with Gasteiger partial charge in [0.05, 0.1) is 16.6 Å². The minimum Gasteiger partial charge on any atom is -0.352 e. The van der Waals surface area contributed by atoms with Crippen LogP contribution in [0.4, 0.5) is 14.6 Å². The number of anilines is 1. The van der Waals surface area contributed by atoms with Crippen LogP contribution in [0.2, 0.25) is 5.02 Å². The second-order valence-corrected chi connectivity index (χ2v) is 12.3. The molecular formula is C29H34ClF2N5O2S2. The molecule has 3 atom stereocenters. The van der Waals surface area contributed by atoms with Gasteiger partial charge in [-0.05, 0) is 58.6 Å². The molecule has 220 valence electrons. The van der Waals surface area contributed by atoms with E-state index in [4.69, 9.17) is 11.6 Å². The number of rotatable bonds is 5. The Kier molecular flexibility index (Phi) is 9.13. The number of halogens is 3. The maximum Gasteiger partial charge on any atom is 0.350 e. The molecule has 2 aliphatic heterocycles. The number of carbonyl (C=O) groups is 1. The number of carbonyl (C=O) groups excluding carboxylic acids is 1. The standard InChI is InChI=1S/C29H32ClF2N5O2S.H2S/c1-7-24(38)36-16(3)11-35(12-17(36)4)28-20-8-15(2)25(19-9-21(30)23(32)10-22(19)31)27-26(20)37(29(39)33-28)18(14-40-27)13-34(5)6;/h7-10,16-18H,1,11-14H2,2-6H3;1H2/t16-,17+,18-;/m0./s1. The van der Waals surface area contributed by atoms with Crippen molar-refractivity contribution in [3.8, 4) is 11.1 Å². The first-order valence-electron chi connectivity index (χ1n) is 13.1. The van der Waals surface area contributed by atoms with E-state index in [1.165, 1.54) is 12.1 Å². The molecule has 0 spiro atoms. The number of hydrogen-bond donors (Lipinski definition) is 0. The summed E-state index contributed by atoms with van der Waals surface area (Å²) in [5.41, 5.74) is 1.85. The van der Waals surface area contributed by atoms with Crippen LogP contribution in [-0.4, -0.2) is 76.8 Å². The number of aryl methyl sites for hydroxylation is 1. The number of aromatic nitrogens is 2. The van der Waals surface area contributed by atoms with Crippen molar-refractivity contribution < 1.29 is 13.6 Å². The van der Waals surface area contributed by atoms with Gasteiger partial charge in [-0.1, -0.05) is 18.2 Å². The molecule has 7 nitrogen and oxygen atoms in total. The molecule has 1 saturated heterocycles. The number of thioether (sulfide) groups is 1. The van der Waals surface area contributed by atoms with E-state index in [-0.39, 0.29) is 53.8 Å². The van der Waals surface area contributed by atoms with Gasteiger partial charge < -0.3 is 14.7 Å². The monoisotopic (exact) mass is 621 g/mol. The Morgan fingerprint density at radius 3 is 2.46 bits per heavy atom. The molecule has 1 fully saturated rings. The van der Waals surface area contributed by atoms with Crippen LogP contribution in [0.1, 0.15) is 25.5 Å². The summed E-state index contributed by atoms with van der Waals surface area (Å²) < 4.78 is 31.0. The van der Waals surface area contributed by atoms with Crippen molar-refractivity contribution in [1.29, 1.82) is 0 Å². The minimum atomic E-state index is -0.825. The number of nitrogens with zero attached hydrogens (tertiary/aromatic N) is 5. The quantitative estimate of drug-likeness (QED) is 0.287. The summed E-state index contributed by atoms with van der Waals surface area (Å²) in [6.07, 6.45) is 1.32. The predicted octanol–water partition coefficient (Wildman–Crippen LogP) is 5.24. The van der Waals surface area contributed by atoms with E-state index in [0.29, 0.717) is 42.3 Å². The first-order valence-corrected chi connectivity index (χ1v) is 14.5. The molecule has 1 amide bonds. The summed E-state index contributed by atoms with van der Waals surface area (Å²) in [6.45, 7) is 11.0. The molecule has 0 aliphatic carbocycles. The highest BCUT2D eigenvalue weighted by molar-refractivity contribution is 7.99. The fraction of sp³-hybridized carbons (Fsp3) is 0.414. The van der Waals surface area contributed by atoms with Gasteiger partial charge in [-0.15, -0.1) is 11.8 Å². The van der Waals surface area contributed by atoms with Gasteiger partial charge in [0.15, 0.2) is 0 Å². The third kappa shape index (κ3) is 5.49. The number of likely N-dealkylation sites (N-methyl/N-ethyl adjacent to an activating group) is 1. The highest BCUT2D eigenvalue weighted by atomic mass is 35.5. The summed E-state index contributed by atoms with van der Waals surface area (Å²) in [4.78, 5) is 37.5. The van der Waals surface area contributed by atoms with Crippen molar-refractivity contribution in [3.63, 3.8) is 0 Å². The normalized spacial score (nSPS) is 20.4. The third-order valence-electron chi connectivity index (χ3n) is 7.63. The van der Waals surface area contributed by atoms with Crippen molar-refractivity contribution >= 4 is 59.5 Å². The van der Waals surface area contributed by atoms with Gasteiger partial charge >= 0.3 is 5.69 Å². The summed E-state index contributed by atoms with van der Waals surface area (Å²) in [5, 5.41) is 0.612. The van der Waals surface area contributed by atoms with Crippen molar-refractivity contribution in [2.75, 3.05) is 44.4 Å². The Labute approximate surface area is 254 Å². The van der Waals surface area contributed by atoms with Gasteiger partial charge in [-0.3, -0.25) is 9.36 Å². The largest absolute Gasteiger partial charge is 0.352 e. The topological polar surface area (TPSA) is 61.7 Å². The number of piperazine rings is 1. The van der Waals surface area contributed by atoms with E-state index in [1.807, 2.05) is 45.8 Å².